The largest absolute Gasteiger partial charge is 0.415 e. The lowest BCUT2D eigenvalue weighted by Crippen LogP contribution is -2.33. The molecule has 0 aliphatic carbocycles. The molecule has 8 heteroatoms. The highest BCUT2D eigenvalue weighted by molar-refractivity contribution is 5.99. The van der Waals surface area contributed by atoms with Crippen LogP contribution in [-0.2, 0) is 6.54 Å². The zero-order chi connectivity index (χ0) is 24.4. The highest BCUT2D eigenvalue weighted by Gasteiger charge is 2.20. The van der Waals surface area contributed by atoms with E-state index in [9.17, 15) is 22.4 Å². The quantitative estimate of drug-likeness (QED) is 0.292. The van der Waals surface area contributed by atoms with Crippen LogP contribution in [0.1, 0.15) is 19.4 Å². The summed E-state index contributed by atoms with van der Waals surface area (Å²) in [5.74, 6) is -3.27. The van der Waals surface area contributed by atoms with Gasteiger partial charge in [0.25, 0.3) is 0 Å². The number of aromatic nitrogens is 1. The predicted octanol–water partition coefficient (Wildman–Crippen LogP) is 6.75. The Morgan fingerprint density at radius 2 is 1.59 bits per heavy atom. The highest BCUT2D eigenvalue weighted by atomic mass is 19.2. The van der Waals surface area contributed by atoms with Crippen LogP contribution in [0.5, 0.6) is 5.75 Å². The first kappa shape index (κ1) is 23.4. The molecule has 0 atom stereocenters. The van der Waals surface area contributed by atoms with Crippen molar-refractivity contribution in [3.63, 3.8) is 0 Å². The van der Waals surface area contributed by atoms with Crippen LogP contribution in [0.4, 0.5) is 22.4 Å². The van der Waals surface area contributed by atoms with E-state index in [2.05, 4.69) is 0 Å². The van der Waals surface area contributed by atoms with E-state index in [1.807, 2.05) is 13.8 Å². The van der Waals surface area contributed by atoms with Crippen molar-refractivity contribution in [1.29, 1.82) is 0 Å². The second-order valence-electron chi connectivity index (χ2n) is 7.76. The van der Waals surface area contributed by atoms with E-state index >= 15 is 0 Å². The van der Waals surface area contributed by atoms with Crippen LogP contribution in [0.3, 0.4) is 0 Å². The van der Waals surface area contributed by atoms with Gasteiger partial charge in [-0.2, -0.15) is 0 Å². The monoisotopic (exact) mass is 470 g/mol. The molecule has 0 bridgehead atoms. The topological polar surface area (TPSA) is 34.5 Å². The summed E-state index contributed by atoms with van der Waals surface area (Å²) in [6, 6.07) is 11.7. The van der Waals surface area contributed by atoms with Gasteiger partial charge in [0.05, 0.1) is 0 Å². The number of fused-ring (bicyclic) bond motifs is 1. The number of carbonyl (C=O) groups excluding carboxylic acids is 1. The summed E-state index contributed by atoms with van der Waals surface area (Å²) in [5.41, 5.74) is 1.75. The molecule has 1 heterocycles. The normalized spacial score (nSPS) is 11.1. The van der Waals surface area contributed by atoms with E-state index in [4.69, 9.17) is 4.74 Å². The fourth-order valence-electron chi connectivity index (χ4n) is 3.95. The summed E-state index contributed by atoms with van der Waals surface area (Å²) in [6.45, 7) is 4.74. The van der Waals surface area contributed by atoms with Gasteiger partial charge in [0, 0.05) is 48.4 Å². The van der Waals surface area contributed by atoms with Crippen LogP contribution in [0.25, 0.3) is 22.0 Å². The third-order valence-corrected chi connectivity index (χ3v) is 5.62. The Morgan fingerprint density at radius 3 is 2.24 bits per heavy atom. The third kappa shape index (κ3) is 4.62. The number of halogens is 4. The summed E-state index contributed by atoms with van der Waals surface area (Å²) in [5, 5.41) is 0.581. The molecule has 0 radical (unpaired) electrons. The van der Waals surface area contributed by atoms with Gasteiger partial charge in [-0.3, -0.25) is 0 Å². The number of ether oxygens (including phenoxy) is 1. The Morgan fingerprint density at radius 1 is 0.882 bits per heavy atom. The fraction of sp³-hybridized carbons (Fsp3) is 0.192. The van der Waals surface area contributed by atoms with E-state index < -0.39 is 29.4 Å². The first-order chi connectivity index (χ1) is 16.3. The van der Waals surface area contributed by atoms with E-state index in [0.717, 1.165) is 18.2 Å². The predicted molar refractivity (Wildman–Crippen MR) is 122 cm³/mol. The van der Waals surface area contributed by atoms with Crippen LogP contribution in [0, 0.1) is 23.3 Å². The van der Waals surface area contributed by atoms with Gasteiger partial charge in [0.1, 0.15) is 17.4 Å². The summed E-state index contributed by atoms with van der Waals surface area (Å²) in [4.78, 5) is 14.1. The Balaban J connectivity index is 1.84. The smallest absolute Gasteiger partial charge is 0.410 e. The summed E-state index contributed by atoms with van der Waals surface area (Å²) < 4.78 is 62.6. The average molecular weight is 470 g/mol. The molecule has 0 N–H and O–H groups in total. The van der Waals surface area contributed by atoms with Crippen molar-refractivity contribution in [3.05, 3.63) is 89.6 Å². The summed E-state index contributed by atoms with van der Waals surface area (Å²) in [6.07, 6.45) is 1.14. The van der Waals surface area contributed by atoms with Gasteiger partial charge in [-0.1, -0.05) is 6.07 Å². The van der Waals surface area contributed by atoms with Crippen molar-refractivity contribution < 1.29 is 27.1 Å². The van der Waals surface area contributed by atoms with E-state index in [1.54, 1.807) is 29.0 Å². The maximum Gasteiger partial charge on any atom is 0.415 e. The van der Waals surface area contributed by atoms with Gasteiger partial charge in [-0.25, -0.2) is 22.4 Å². The Bertz CT molecular complexity index is 1340. The maximum absolute atomic E-state index is 14.1. The molecule has 3 aromatic carbocycles. The van der Waals surface area contributed by atoms with Crippen LogP contribution < -0.4 is 4.74 Å². The lowest BCUT2D eigenvalue weighted by atomic mass is 10.00. The molecule has 176 valence electrons. The number of nitrogens with zero attached hydrogens (tertiary/aromatic N) is 2. The fourth-order valence-corrected chi connectivity index (χ4v) is 3.95. The van der Waals surface area contributed by atoms with Gasteiger partial charge in [0.2, 0.25) is 0 Å². The van der Waals surface area contributed by atoms with Gasteiger partial charge < -0.3 is 14.2 Å². The molecule has 4 rings (SSSR count). The number of hydrogen-bond acceptors (Lipinski definition) is 2. The molecule has 1 amide bonds. The molecular weight excluding hydrogens is 448 g/mol. The molecule has 0 aliphatic heterocycles. The van der Waals surface area contributed by atoms with Crippen molar-refractivity contribution in [2.24, 2.45) is 0 Å². The molecule has 0 saturated heterocycles. The molecule has 0 aliphatic rings. The number of amides is 1. The average Bonchev–Trinajstić information content (AvgIpc) is 3.19. The minimum Gasteiger partial charge on any atom is -0.410 e. The standard InChI is InChI=1S/C26H22F4N2O2/c1-3-31(4-2)26(33)34-24-8-7-23-20(25(24)17-12-18(27)14-19(28)13-17)9-10-32(23)15-16-5-6-21(29)22(30)11-16/h5-14H,3-4,15H2,1-2H3. The molecule has 0 saturated carbocycles. The molecular formula is C26H22F4N2O2. The maximum atomic E-state index is 14.1. The zero-order valence-electron chi connectivity index (χ0n) is 18.6. The summed E-state index contributed by atoms with van der Waals surface area (Å²) in [7, 11) is 0. The van der Waals surface area contributed by atoms with Gasteiger partial charge >= 0.3 is 6.09 Å². The lowest BCUT2D eigenvalue weighted by Gasteiger charge is -2.20. The number of hydrogen-bond donors (Lipinski definition) is 0. The molecule has 0 spiro atoms. The number of benzene rings is 3. The van der Waals surface area contributed by atoms with Crippen molar-refractivity contribution in [2.45, 2.75) is 20.4 Å². The van der Waals surface area contributed by atoms with Crippen molar-refractivity contribution >= 4 is 17.0 Å². The number of rotatable bonds is 6. The van der Waals surface area contributed by atoms with E-state index in [1.165, 1.54) is 23.1 Å². The minimum atomic E-state index is -0.949. The molecule has 0 fully saturated rings. The van der Waals surface area contributed by atoms with Crippen LogP contribution in [0.15, 0.2) is 60.8 Å². The SMILES string of the molecule is CCN(CC)C(=O)Oc1ccc2c(ccn2Cc2ccc(F)c(F)c2)c1-c1cc(F)cc(F)c1. The molecule has 1 aromatic heterocycles. The molecule has 4 aromatic rings. The molecule has 34 heavy (non-hydrogen) atoms. The van der Waals surface area contributed by atoms with Crippen molar-refractivity contribution in [3.8, 4) is 16.9 Å². The molecule has 0 unspecified atom stereocenters. The van der Waals surface area contributed by atoms with Gasteiger partial charge in [0.15, 0.2) is 11.6 Å². The summed E-state index contributed by atoms with van der Waals surface area (Å²) >= 11 is 0. The van der Waals surface area contributed by atoms with Gasteiger partial charge in [-0.15, -0.1) is 0 Å². The second-order valence-corrected chi connectivity index (χ2v) is 7.76. The number of carbonyl (C=O) groups is 1. The van der Waals surface area contributed by atoms with Crippen LogP contribution in [-0.4, -0.2) is 28.6 Å². The van der Waals surface area contributed by atoms with Crippen LogP contribution in [0.2, 0.25) is 0 Å². The van der Waals surface area contributed by atoms with E-state index in [-0.39, 0.29) is 17.9 Å². The Labute approximate surface area is 194 Å². The second kappa shape index (κ2) is 9.59. The lowest BCUT2D eigenvalue weighted by molar-refractivity contribution is 0.157. The van der Waals surface area contributed by atoms with Crippen molar-refractivity contribution in [2.75, 3.05) is 13.1 Å². The molecule has 4 nitrogen and oxygen atoms in total. The first-order valence-corrected chi connectivity index (χ1v) is 10.8. The zero-order valence-corrected chi connectivity index (χ0v) is 18.6. The Hall–Kier alpha value is -3.81. The third-order valence-electron chi connectivity index (χ3n) is 5.62. The minimum absolute atomic E-state index is 0.153. The van der Waals surface area contributed by atoms with Crippen LogP contribution >= 0.6 is 0 Å². The highest BCUT2D eigenvalue weighted by Crippen LogP contribution is 2.39. The van der Waals surface area contributed by atoms with Crippen molar-refractivity contribution in [1.82, 2.24) is 9.47 Å². The first-order valence-electron chi connectivity index (χ1n) is 10.8. The Kier molecular flexibility index (Phi) is 6.58. The van der Waals surface area contributed by atoms with E-state index in [0.29, 0.717) is 35.1 Å². The van der Waals surface area contributed by atoms with Gasteiger partial charge in [-0.05, 0) is 67.4 Å².